The maximum atomic E-state index is 11.5. The van der Waals surface area contributed by atoms with Gasteiger partial charge >= 0.3 is 6.03 Å². The number of halogens is 1. The van der Waals surface area contributed by atoms with Crippen molar-refractivity contribution >= 4 is 28.1 Å². The highest BCUT2D eigenvalue weighted by Crippen LogP contribution is 2.26. The first-order chi connectivity index (χ1) is 5.57. The standard InChI is InChI=1S/C7H11BrN2O2/c1-3-7(4-2)5(11)10(8)6(12)9-7/h3-4H2,1-2H3,(H,9,12). The zero-order valence-corrected chi connectivity index (χ0v) is 8.64. The Morgan fingerprint density at radius 2 is 1.92 bits per heavy atom. The first kappa shape index (κ1) is 9.51. The van der Waals surface area contributed by atoms with Crippen LogP contribution in [0.5, 0.6) is 0 Å². The molecule has 0 aliphatic carbocycles. The van der Waals surface area contributed by atoms with E-state index in [-0.39, 0.29) is 11.9 Å². The molecule has 0 aromatic carbocycles. The van der Waals surface area contributed by atoms with Crippen molar-refractivity contribution in [2.24, 2.45) is 0 Å². The Morgan fingerprint density at radius 1 is 1.42 bits per heavy atom. The van der Waals surface area contributed by atoms with E-state index in [9.17, 15) is 9.59 Å². The molecule has 1 fully saturated rings. The molecule has 12 heavy (non-hydrogen) atoms. The summed E-state index contributed by atoms with van der Waals surface area (Å²) in [5.41, 5.74) is -0.680. The van der Waals surface area contributed by atoms with Gasteiger partial charge < -0.3 is 5.32 Å². The Hall–Kier alpha value is -0.580. The quantitative estimate of drug-likeness (QED) is 0.581. The summed E-state index contributed by atoms with van der Waals surface area (Å²) < 4.78 is 0.958. The van der Waals surface area contributed by atoms with Crippen LogP contribution in [0, 0.1) is 0 Å². The van der Waals surface area contributed by atoms with Crippen LogP contribution < -0.4 is 5.32 Å². The van der Waals surface area contributed by atoms with Gasteiger partial charge in [-0.1, -0.05) is 13.8 Å². The summed E-state index contributed by atoms with van der Waals surface area (Å²) in [4.78, 5) is 22.6. The monoisotopic (exact) mass is 234 g/mol. The highest BCUT2D eigenvalue weighted by atomic mass is 79.9. The van der Waals surface area contributed by atoms with Crippen LogP contribution in [-0.4, -0.2) is 21.4 Å². The highest BCUT2D eigenvalue weighted by molar-refractivity contribution is 9.08. The van der Waals surface area contributed by atoms with Gasteiger partial charge in [-0.25, -0.2) is 4.79 Å². The number of carbonyl (C=O) groups excluding carboxylic acids is 2. The minimum atomic E-state index is -0.680. The van der Waals surface area contributed by atoms with Gasteiger partial charge in [0.2, 0.25) is 0 Å². The molecular weight excluding hydrogens is 224 g/mol. The molecule has 1 rings (SSSR count). The minimum Gasteiger partial charge on any atom is -0.322 e. The molecule has 0 aromatic heterocycles. The van der Waals surface area contributed by atoms with Crippen LogP contribution in [0.2, 0.25) is 0 Å². The van der Waals surface area contributed by atoms with Crippen molar-refractivity contribution in [3.63, 3.8) is 0 Å². The van der Waals surface area contributed by atoms with Gasteiger partial charge in [-0.3, -0.25) is 4.79 Å². The molecule has 4 nitrogen and oxygen atoms in total. The van der Waals surface area contributed by atoms with Gasteiger partial charge in [-0.05, 0) is 12.8 Å². The fourth-order valence-corrected chi connectivity index (χ4v) is 1.74. The van der Waals surface area contributed by atoms with E-state index >= 15 is 0 Å². The lowest BCUT2D eigenvalue weighted by molar-refractivity contribution is -0.127. The van der Waals surface area contributed by atoms with Crippen LogP contribution in [0.4, 0.5) is 4.79 Å². The smallest absolute Gasteiger partial charge is 0.322 e. The topological polar surface area (TPSA) is 49.4 Å². The number of rotatable bonds is 2. The number of amides is 3. The molecule has 0 bridgehead atoms. The molecule has 1 aliphatic heterocycles. The summed E-state index contributed by atoms with van der Waals surface area (Å²) in [6.45, 7) is 3.77. The number of imide groups is 1. The van der Waals surface area contributed by atoms with Gasteiger partial charge in [0.25, 0.3) is 5.91 Å². The van der Waals surface area contributed by atoms with Gasteiger partial charge in [0.1, 0.15) is 5.54 Å². The zero-order chi connectivity index (χ0) is 9.35. The second kappa shape index (κ2) is 3.05. The molecule has 0 atom stereocenters. The molecule has 1 aliphatic rings. The van der Waals surface area contributed by atoms with Crippen LogP contribution >= 0.6 is 16.1 Å². The molecule has 3 amide bonds. The summed E-state index contributed by atoms with van der Waals surface area (Å²) in [6, 6.07) is -0.372. The predicted octanol–water partition coefficient (Wildman–Crippen LogP) is 1.41. The van der Waals surface area contributed by atoms with E-state index in [1.54, 1.807) is 0 Å². The molecule has 0 radical (unpaired) electrons. The van der Waals surface area contributed by atoms with Gasteiger partial charge in [-0.15, -0.1) is 0 Å². The number of hydrogen-bond acceptors (Lipinski definition) is 2. The second-order valence-electron chi connectivity index (χ2n) is 2.81. The van der Waals surface area contributed by atoms with Crippen LogP contribution in [0.1, 0.15) is 26.7 Å². The van der Waals surface area contributed by atoms with Crippen molar-refractivity contribution in [3.05, 3.63) is 0 Å². The molecule has 1 N–H and O–H groups in total. The van der Waals surface area contributed by atoms with E-state index in [0.717, 1.165) is 3.93 Å². The highest BCUT2D eigenvalue weighted by Gasteiger charge is 2.47. The van der Waals surface area contributed by atoms with E-state index < -0.39 is 5.54 Å². The lowest BCUT2D eigenvalue weighted by Gasteiger charge is -2.21. The van der Waals surface area contributed by atoms with Crippen molar-refractivity contribution < 1.29 is 9.59 Å². The predicted molar refractivity (Wildman–Crippen MR) is 47.6 cm³/mol. The Kier molecular flexibility index (Phi) is 2.41. The third-order valence-electron chi connectivity index (χ3n) is 2.32. The maximum Gasteiger partial charge on any atom is 0.335 e. The molecular formula is C7H11BrN2O2. The Labute approximate surface area is 79.6 Å². The van der Waals surface area contributed by atoms with Crippen LogP contribution in [0.25, 0.3) is 0 Å². The molecule has 1 saturated heterocycles. The molecule has 0 aromatic rings. The second-order valence-corrected chi connectivity index (χ2v) is 3.51. The summed E-state index contributed by atoms with van der Waals surface area (Å²) in [5, 5.41) is 2.66. The minimum absolute atomic E-state index is 0.197. The van der Waals surface area contributed by atoms with E-state index in [1.165, 1.54) is 0 Å². The molecule has 0 spiro atoms. The summed E-state index contributed by atoms with van der Waals surface area (Å²) in [6.07, 6.45) is 1.24. The van der Waals surface area contributed by atoms with Gasteiger partial charge in [0.05, 0.1) is 16.1 Å². The first-order valence-corrected chi connectivity index (χ1v) is 4.61. The summed E-state index contributed by atoms with van der Waals surface area (Å²) in [7, 11) is 0. The van der Waals surface area contributed by atoms with Crippen molar-refractivity contribution in [3.8, 4) is 0 Å². The molecule has 0 saturated carbocycles. The largest absolute Gasteiger partial charge is 0.335 e. The lowest BCUT2D eigenvalue weighted by atomic mass is 9.93. The van der Waals surface area contributed by atoms with Crippen LogP contribution in [0.3, 0.4) is 0 Å². The van der Waals surface area contributed by atoms with Crippen LogP contribution in [-0.2, 0) is 4.79 Å². The Balaban J connectivity index is 2.95. The average Bonchev–Trinajstić information content (AvgIpc) is 2.30. The number of urea groups is 1. The van der Waals surface area contributed by atoms with E-state index in [1.807, 2.05) is 13.8 Å². The van der Waals surface area contributed by atoms with Crippen molar-refractivity contribution in [2.75, 3.05) is 0 Å². The Morgan fingerprint density at radius 3 is 2.08 bits per heavy atom. The maximum absolute atomic E-state index is 11.5. The summed E-state index contributed by atoms with van der Waals surface area (Å²) >= 11 is 2.90. The number of nitrogens with one attached hydrogen (secondary N) is 1. The van der Waals surface area contributed by atoms with E-state index in [4.69, 9.17) is 0 Å². The Bertz CT molecular complexity index is 225. The molecule has 5 heteroatoms. The lowest BCUT2D eigenvalue weighted by Crippen LogP contribution is -2.45. The first-order valence-electron chi connectivity index (χ1n) is 3.90. The number of carbonyl (C=O) groups is 2. The van der Waals surface area contributed by atoms with Crippen LogP contribution in [0.15, 0.2) is 0 Å². The zero-order valence-electron chi connectivity index (χ0n) is 7.06. The number of hydrogen-bond donors (Lipinski definition) is 1. The summed E-state index contributed by atoms with van der Waals surface area (Å²) in [5.74, 6) is -0.197. The molecule has 1 heterocycles. The normalized spacial score (nSPS) is 21.4. The van der Waals surface area contributed by atoms with E-state index in [2.05, 4.69) is 21.5 Å². The van der Waals surface area contributed by atoms with Crippen molar-refractivity contribution in [2.45, 2.75) is 32.2 Å². The van der Waals surface area contributed by atoms with E-state index in [0.29, 0.717) is 12.8 Å². The third-order valence-corrected chi connectivity index (χ3v) is 2.96. The van der Waals surface area contributed by atoms with Gasteiger partial charge in [0.15, 0.2) is 0 Å². The number of nitrogens with zero attached hydrogens (tertiary/aromatic N) is 1. The van der Waals surface area contributed by atoms with Crippen molar-refractivity contribution in [1.82, 2.24) is 9.24 Å². The molecule has 68 valence electrons. The fraction of sp³-hybridized carbons (Fsp3) is 0.714. The third kappa shape index (κ3) is 1.12. The SMILES string of the molecule is CCC1(CC)NC(=O)N(Br)C1=O. The average molecular weight is 235 g/mol. The van der Waals surface area contributed by atoms with Gasteiger partial charge in [-0.2, -0.15) is 3.93 Å². The van der Waals surface area contributed by atoms with Gasteiger partial charge in [0, 0.05) is 0 Å². The molecule has 0 unspecified atom stereocenters. The van der Waals surface area contributed by atoms with Crippen molar-refractivity contribution in [1.29, 1.82) is 0 Å². The fourth-order valence-electron chi connectivity index (χ4n) is 1.32.